The Bertz CT molecular complexity index is 2260. The zero-order chi connectivity index (χ0) is 34.6. The van der Waals surface area contributed by atoms with E-state index in [1.807, 2.05) is 24.3 Å². The molecule has 1 aliphatic rings. The molecule has 7 rings (SSSR count). The zero-order valence-electron chi connectivity index (χ0n) is 27.1. The number of piperazine rings is 1. The van der Waals surface area contributed by atoms with Crippen LogP contribution < -0.4 is 15.6 Å². The third-order valence-electron chi connectivity index (χ3n) is 8.66. The summed E-state index contributed by atoms with van der Waals surface area (Å²) in [5.41, 5.74) is 3.09. The van der Waals surface area contributed by atoms with Crippen LogP contribution in [0.1, 0.15) is 27.2 Å². The molecule has 252 valence electrons. The third kappa shape index (κ3) is 7.03. The van der Waals surface area contributed by atoms with Crippen molar-refractivity contribution in [3.63, 3.8) is 0 Å². The van der Waals surface area contributed by atoms with Crippen molar-refractivity contribution in [1.82, 2.24) is 34.9 Å². The molecule has 6 aromatic rings. The fraction of sp³-hybridized carbons (Fsp3) is 0.189. The van der Waals surface area contributed by atoms with E-state index in [1.165, 1.54) is 31.6 Å². The number of anilines is 2. The summed E-state index contributed by atoms with van der Waals surface area (Å²) in [5, 5.41) is 11.2. The van der Waals surface area contributed by atoms with Gasteiger partial charge in [0, 0.05) is 62.4 Å². The zero-order valence-corrected chi connectivity index (χ0v) is 27.1. The number of hydrogen-bond acceptors (Lipinski definition) is 9. The average molecular weight is 675 g/mol. The maximum Gasteiger partial charge on any atom is 0.272 e. The number of carbonyl (C=O) groups is 1. The Kier molecular flexibility index (Phi) is 9.21. The maximum absolute atomic E-state index is 15.0. The first-order valence-corrected chi connectivity index (χ1v) is 16.0. The fourth-order valence-corrected chi connectivity index (χ4v) is 6.11. The monoisotopic (exact) mass is 674 g/mol. The second kappa shape index (κ2) is 14.2. The first-order chi connectivity index (χ1) is 24.3. The number of aromatic nitrogens is 5. The molecule has 2 N–H and O–H groups in total. The van der Waals surface area contributed by atoms with Gasteiger partial charge in [-0.15, -0.1) is 0 Å². The summed E-state index contributed by atoms with van der Waals surface area (Å²) in [5.74, 6) is 0.207. The van der Waals surface area contributed by atoms with Crippen molar-refractivity contribution in [2.75, 3.05) is 38.6 Å². The fourth-order valence-electron chi connectivity index (χ4n) is 6.11. The molecule has 11 nitrogen and oxygen atoms in total. The Labute approximate surface area is 285 Å². The van der Waals surface area contributed by atoms with Crippen LogP contribution in [0.5, 0.6) is 5.75 Å². The van der Waals surface area contributed by atoms with Crippen molar-refractivity contribution >= 4 is 28.3 Å². The number of nitrogens with one attached hydrogen (secondary N) is 2. The van der Waals surface area contributed by atoms with Crippen LogP contribution in [0.2, 0.25) is 0 Å². The number of benzene rings is 3. The minimum atomic E-state index is -0.580. The molecule has 3 aromatic heterocycles. The van der Waals surface area contributed by atoms with Gasteiger partial charge in [-0.1, -0.05) is 24.3 Å². The van der Waals surface area contributed by atoms with Gasteiger partial charge in [0.1, 0.15) is 35.3 Å². The number of carbonyl (C=O) groups excluding carboxylic acids is 1. The number of ether oxygens (including phenoxy) is 1. The summed E-state index contributed by atoms with van der Waals surface area (Å²) in [7, 11) is 1.52. The molecule has 0 spiro atoms. The summed E-state index contributed by atoms with van der Waals surface area (Å²) in [6.07, 6.45) is 3.42. The predicted molar refractivity (Wildman–Crippen MR) is 184 cm³/mol. The van der Waals surface area contributed by atoms with Gasteiger partial charge in [0.15, 0.2) is 0 Å². The number of amides is 1. The van der Waals surface area contributed by atoms with Gasteiger partial charge in [-0.2, -0.15) is 5.10 Å². The molecule has 13 heteroatoms. The molecule has 1 aliphatic heterocycles. The number of rotatable bonds is 9. The van der Waals surface area contributed by atoms with Gasteiger partial charge in [0.2, 0.25) is 0 Å². The lowest BCUT2D eigenvalue weighted by Gasteiger charge is -2.35. The summed E-state index contributed by atoms with van der Waals surface area (Å²) < 4.78 is 34.3. The lowest BCUT2D eigenvalue weighted by molar-refractivity contribution is 0.0624. The number of methoxy groups -OCH3 is 1. The number of fused-ring (bicyclic) bond motifs is 1. The van der Waals surface area contributed by atoms with Gasteiger partial charge < -0.3 is 15.0 Å². The van der Waals surface area contributed by atoms with Crippen LogP contribution in [0.25, 0.3) is 22.0 Å². The Balaban J connectivity index is 0.979. The quantitative estimate of drug-likeness (QED) is 0.208. The number of aromatic amines is 1. The second-order valence-electron chi connectivity index (χ2n) is 11.9. The van der Waals surface area contributed by atoms with Crippen molar-refractivity contribution in [2.24, 2.45) is 0 Å². The smallest absolute Gasteiger partial charge is 0.272 e. The Morgan fingerprint density at radius 2 is 1.68 bits per heavy atom. The van der Waals surface area contributed by atoms with Crippen LogP contribution in [0, 0.1) is 11.6 Å². The number of halogens is 2. The lowest BCUT2D eigenvalue weighted by Crippen LogP contribution is -2.48. The molecular weight excluding hydrogens is 642 g/mol. The molecule has 0 radical (unpaired) electrons. The molecule has 0 bridgehead atoms. The third-order valence-corrected chi connectivity index (χ3v) is 8.66. The molecule has 1 fully saturated rings. The highest BCUT2D eigenvalue weighted by molar-refractivity contribution is 5.95. The van der Waals surface area contributed by atoms with E-state index in [1.54, 1.807) is 47.5 Å². The number of H-pyrrole nitrogens is 1. The summed E-state index contributed by atoms with van der Waals surface area (Å²) >= 11 is 0. The Morgan fingerprint density at radius 3 is 2.50 bits per heavy atom. The highest BCUT2D eigenvalue weighted by Crippen LogP contribution is 2.30. The highest BCUT2D eigenvalue weighted by atomic mass is 19.1. The summed E-state index contributed by atoms with van der Waals surface area (Å²) in [6, 6.07) is 21.5. The average Bonchev–Trinajstić information content (AvgIpc) is 3.14. The molecule has 0 aliphatic carbocycles. The van der Waals surface area contributed by atoms with Crippen molar-refractivity contribution in [3.05, 3.63) is 136 Å². The van der Waals surface area contributed by atoms with E-state index in [4.69, 9.17) is 4.74 Å². The highest BCUT2D eigenvalue weighted by Gasteiger charge is 2.25. The van der Waals surface area contributed by atoms with E-state index < -0.39 is 11.6 Å². The van der Waals surface area contributed by atoms with Crippen molar-refractivity contribution in [1.29, 1.82) is 0 Å². The van der Waals surface area contributed by atoms with Gasteiger partial charge in [-0.25, -0.2) is 28.8 Å². The van der Waals surface area contributed by atoms with Crippen LogP contribution in [0.3, 0.4) is 0 Å². The van der Waals surface area contributed by atoms with Crippen LogP contribution in [-0.4, -0.2) is 74.1 Å². The molecule has 3 aromatic carbocycles. The van der Waals surface area contributed by atoms with Gasteiger partial charge >= 0.3 is 0 Å². The molecule has 0 saturated carbocycles. The largest absolute Gasteiger partial charge is 0.496 e. The van der Waals surface area contributed by atoms with Gasteiger partial charge in [-0.05, 0) is 59.7 Å². The maximum atomic E-state index is 15.0. The molecule has 0 unspecified atom stereocenters. The molecular formula is C37H32F2N8O3. The van der Waals surface area contributed by atoms with E-state index in [0.29, 0.717) is 89.8 Å². The van der Waals surface area contributed by atoms with E-state index in [9.17, 15) is 18.4 Å². The Morgan fingerprint density at radius 1 is 0.880 bits per heavy atom. The van der Waals surface area contributed by atoms with E-state index in [2.05, 4.69) is 35.4 Å². The SMILES string of the molecule is COc1ccc(F)cc1-c1cc(Nc2cc(CN3CCN(C(=O)c4cc(Cc5n[nH]c(=O)c6ccccc56)ccc4F)CC3)ccn2)ncn1. The Hall–Kier alpha value is -6.08. The van der Waals surface area contributed by atoms with Crippen molar-refractivity contribution in [2.45, 2.75) is 13.0 Å². The molecule has 0 atom stereocenters. The van der Waals surface area contributed by atoms with Gasteiger partial charge in [-0.3, -0.25) is 14.5 Å². The van der Waals surface area contributed by atoms with E-state index in [-0.39, 0.29) is 17.0 Å². The van der Waals surface area contributed by atoms with Crippen LogP contribution >= 0.6 is 0 Å². The molecule has 50 heavy (non-hydrogen) atoms. The van der Waals surface area contributed by atoms with Crippen LogP contribution in [-0.2, 0) is 13.0 Å². The first kappa shape index (κ1) is 32.5. The number of hydrogen-bond donors (Lipinski definition) is 2. The van der Waals surface area contributed by atoms with Crippen molar-refractivity contribution < 1.29 is 18.3 Å². The standard InChI is InChI=1S/C37H32F2N8O3/c1-50-33-9-7-25(38)19-29(33)31-20-35(42-22-41-31)43-34-18-24(10-11-40-34)21-46-12-14-47(15-13-46)37(49)28-16-23(6-8-30(28)39)17-32-26-4-2-3-5-27(26)36(48)45-44-32/h2-11,16,18-20,22H,12-15,17,21H2,1H3,(H,45,48)(H,40,41,42,43). The molecule has 4 heterocycles. The van der Waals surface area contributed by atoms with Gasteiger partial charge in [0.05, 0.1) is 29.4 Å². The molecule has 1 amide bonds. The van der Waals surface area contributed by atoms with Crippen LogP contribution in [0.15, 0.2) is 96.2 Å². The van der Waals surface area contributed by atoms with Gasteiger partial charge in [0.25, 0.3) is 11.5 Å². The number of pyridine rings is 1. The lowest BCUT2D eigenvalue weighted by atomic mass is 10.0. The van der Waals surface area contributed by atoms with E-state index >= 15 is 0 Å². The first-order valence-electron chi connectivity index (χ1n) is 16.0. The minimum Gasteiger partial charge on any atom is -0.496 e. The predicted octanol–water partition coefficient (Wildman–Crippen LogP) is 5.35. The normalized spacial score (nSPS) is 13.4. The van der Waals surface area contributed by atoms with E-state index in [0.717, 1.165) is 5.56 Å². The molecule has 1 saturated heterocycles. The number of nitrogens with zero attached hydrogens (tertiary/aromatic N) is 6. The van der Waals surface area contributed by atoms with Crippen molar-refractivity contribution in [3.8, 4) is 17.0 Å². The summed E-state index contributed by atoms with van der Waals surface area (Å²) in [6.45, 7) is 2.72. The minimum absolute atomic E-state index is 0.0123. The topological polar surface area (TPSA) is 129 Å². The summed E-state index contributed by atoms with van der Waals surface area (Å²) in [4.78, 5) is 42.6. The van der Waals surface area contributed by atoms with Crippen LogP contribution in [0.4, 0.5) is 20.4 Å². The second-order valence-corrected chi connectivity index (χ2v) is 11.9.